The van der Waals surface area contributed by atoms with Crippen LogP contribution in [0.5, 0.6) is 0 Å². The maximum Gasteiger partial charge on any atom is 0.280 e. The zero-order chi connectivity index (χ0) is 12.2. The molecule has 0 aliphatic carbocycles. The predicted molar refractivity (Wildman–Crippen MR) is 60.9 cm³/mol. The van der Waals surface area contributed by atoms with Gasteiger partial charge >= 0.3 is 0 Å². The van der Waals surface area contributed by atoms with Gasteiger partial charge in [0.25, 0.3) is 10.2 Å². The lowest BCUT2D eigenvalue weighted by atomic mass is 10.2. The molecule has 90 valence electrons. The molecule has 1 unspecified atom stereocenters. The van der Waals surface area contributed by atoms with Crippen LogP contribution in [0.4, 0.5) is 0 Å². The minimum Gasteiger partial charge on any atom is -0.386 e. The molecule has 7 heteroatoms. The first-order chi connectivity index (χ1) is 6.72. The molecule has 0 heterocycles. The van der Waals surface area contributed by atoms with E-state index < -0.39 is 16.3 Å². The molecule has 0 radical (unpaired) electrons. The standard InChI is InChI=1S/C8H20N4O2S/c1-5-7(8(9)10)11-15(13,14)12(4)6(2)3/h6-7,11H,5H2,1-4H3,(H3,9,10). The Morgan fingerprint density at radius 3 is 2.27 bits per heavy atom. The summed E-state index contributed by atoms with van der Waals surface area (Å²) in [7, 11) is -2.07. The Morgan fingerprint density at radius 1 is 1.53 bits per heavy atom. The van der Waals surface area contributed by atoms with Gasteiger partial charge in [-0.1, -0.05) is 6.92 Å². The van der Waals surface area contributed by atoms with Gasteiger partial charge in [-0.15, -0.1) is 0 Å². The van der Waals surface area contributed by atoms with Crippen LogP contribution < -0.4 is 10.5 Å². The molecule has 0 spiro atoms. The van der Waals surface area contributed by atoms with Crippen LogP contribution in [0.1, 0.15) is 27.2 Å². The van der Waals surface area contributed by atoms with Crippen LogP contribution >= 0.6 is 0 Å². The second-order valence-electron chi connectivity index (χ2n) is 3.65. The Hall–Kier alpha value is -0.660. The second-order valence-corrected chi connectivity index (χ2v) is 5.41. The third kappa shape index (κ3) is 4.15. The van der Waals surface area contributed by atoms with Gasteiger partial charge in [0.05, 0.1) is 6.04 Å². The van der Waals surface area contributed by atoms with Crippen LogP contribution in [0, 0.1) is 5.41 Å². The topological polar surface area (TPSA) is 99.3 Å². The lowest BCUT2D eigenvalue weighted by Crippen LogP contribution is -2.50. The number of hydrogen-bond acceptors (Lipinski definition) is 3. The lowest BCUT2D eigenvalue weighted by Gasteiger charge is -2.24. The summed E-state index contributed by atoms with van der Waals surface area (Å²) in [6.07, 6.45) is 0.459. The highest BCUT2D eigenvalue weighted by molar-refractivity contribution is 7.87. The Morgan fingerprint density at radius 2 is 2.00 bits per heavy atom. The fraction of sp³-hybridized carbons (Fsp3) is 0.875. The largest absolute Gasteiger partial charge is 0.386 e. The molecular formula is C8H20N4O2S. The molecule has 15 heavy (non-hydrogen) atoms. The van der Waals surface area contributed by atoms with Crippen molar-refractivity contribution >= 4 is 16.0 Å². The number of amidine groups is 1. The average molecular weight is 236 g/mol. The Kier molecular flexibility index (Phi) is 5.19. The monoisotopic (exact) mass is 236 g/mol. The molecule has 0 aliphatic rings. The van der Waals surface area contributed by atoms with Crippen molar-refractivity contribution in [3.63, 3.8) is 0 Å². The van der Waals surface area contributed by atoms with Gasteiger partial charge in [0.1, 0.15) is 5.84 Å². The predicted octanol–water partition coefficient (Wildman–Crippen LogP) is -0.124. The van der Waals surface area contributed by atoms with Crippen LogP contribution in [0.15, 0.2) is 0 Å². The summed E-state index contributed by atoms with van der Waals surface area (Å²) < 4.78 is 27.0. The van der Waals surface area contributed by atoms with Gasteiger partial charge in [-0.25, -0.2) is 0 Å². The van der Waals surface area contributed by atoms with Crippen LogP contribution in [0.2, 0.25) is 0 Å². The van der Waals surface area contributed by atoms with E-state index in [1.165, 1.54) is 11.4 Å². The molecule has 0 fully saturated rings. The van der Waals surface area contributed by atoms with E-state index >= 15 is 0 Å². The maximum atomic E-state index is 11.7. The van der Waals surface area contributed by atoms with E-state index in [1.807, 2.05) is 0 Å². The second kappa shape index (κ2) is 5.43. The van der Waals surface area contributed by atoms with Crippen molar-refractivity contribution in [3.8, 4) is 0 Å². The summed E-state index contributed by atoms with van der Waals surface area (Å²) in [6.45, 7) is 5.31. The van der Waals surface area contributed by atoms with Gasteiger partial charge in [-0.3, -0.25) is 5.41 Å². The average Bonchev–Trinajstić information content (AvgIpc) is 2.12. The third-order valence-electron chi connectivity index (χ3n) is 2.18. The highest BCUT2D eigenvalue weighted by Crippen LogP contribution is 2.03. The summed E-state index contributed by atoms with van der Waals surface area (Å²) >= 11 is 0. The number of nitrogens with two attached hydrogens (primary N) is 1. The fourth-order valence-electron chi connectivity index (χ4n) is 0.907. The SMILES string of the molecule is CCC(NS(=O)(=O)N(C)C(C)C)C(=N)N. The molecule has 0 saturated heterocycles. The summed E-state index contributed by atoms with van der Waals surface area (Å²) in [4.78, 5) is 0. The Labute approximate surface area is 91.5 Å². The normalized spacial score (nSPS) is 14.5. The molecular weight excluding hydrogens is 216 g/mol. The molecule has 0 aliphatic heterocycles. The fourth-order valence-corrected chi connectivity index (χ4v) is 2.28. The molecule has 1 atom stereocenters. The molecule has 0 saturated carbocycles. The van der Waals surface area contributed by atoms with Crippen LogP contribution in [-0.2, 0) is 10.2 Å². The first kappa shape index (κ1) is 14.3. The molecule has 0 aromatic rings. The number of nitrogens with zero attached hydrogens (tertiary/aromatic N) is 1. The summed E-state index contributed by atoms with van der Waals surface area (Å²) in [5.41, 5.74) is 5.27. The van der Waals surface area contributed by atoms with Crippen LogP contribution in [-0.4, -0.2) is 37.7 Å². The first-order valence-corrected chi connectivity index (χ1v) is 6.25. The van der Waals surface area contributed by atoms with Crippen molar-refractivity contribution in [1.29, 1.82) is 5.41 Å². The van der Waals surface area contributed by atoms with Crippen molar-refractivity contribution in [1.82, 2.24) is 9.03 Å². The first-order valence-electron chi connectivity index (χ1n) is 4.81. The van der Waals surface area contributed by atoms with Crippen LogP contribution in [0.25, 0.3) is 0 Å². The van der Waals surface area contributed by atoms with E-state index in [9.17, 15) is 8.42 Å². The smallest absolute Gasteiger partial charge is 0.280 e. The molecule has 0 aromatic carbocycles. The van der Waals surface area contributed by atoms with E-state index in [-0.39, 0.29) is 11.9 Å². The minimum absolute atomic E-state index is 0.132. The van der Waals surface area contributed by atoms with Crippen LogP contribution in [0.3, 0.4) is 0 Å². The van der Waals surface area contributed by atoms with Gasteiger partial charge in [-0.2, -0.15) is 17.4 Å². The van der Waals surface area contributed by atoms with Crippen molar-refractivity contribution in [2.75, 3.05) is 7.05 Å². The molecule has 4 N–H and O–H groups in total. The zero-order valence-corrected chi connectivity index (χ0v) is 10.4. The van der Waals surface area contributed by atoms with Gasteiger partial charge in [0.15, 0.2) is 0 Å². The molecule has 0 aromatic heterocycles. The molecule has 0 rings (SSSR count). The van der Waals surface area contributed by atoms with Crippen molar-refractivity contribution in [2.24, 2.45) is 5.73 Å². The highest BCUT2D eigenvalue weighted by atomic mass is 32.2. The minimum atomic E-state index is -3.55. The molecule has 0 amide bonds. The van der Waals surface area contributed by atoms with Crippen molar-refractivity contribution < 1.29 is 8.42 Å². The summed E-state index contributed by atoms with van der Waals surface area (Å²) in [5, 5.41) is 7.21. The van der Waals surface area contributed by atoms with E-state index in [2.05, 4.69) is 4.72 Å². The van der Waals surface area contributed by atoms with E-state index in [1.54, 1.807) is 20.8 Å². The Bertz CT molecular complexity index is 313. The summed E-state index contributed by atoms with van der Waals surface area (Å²) in [6, 6.07) is -0.761. The number of rotatable bonds is 6. The lowest BCUT2D eigenvalue weighted by molar-refractivity contribution is 0.400. The van der Waals surface area contributed by atoms with Gasteiger partial charge < -0.3 is 5.73 Å². The van der Waals surface area contributed by atoms with E-state index in [4.69, 9.17) is 11.1 Å². The van der Waals surface area contributed by atoms with E-state index in [0.29, 0.717) is 6.42 Å². The molecule has 0 bridgehead atoms. The third-order valence-corrected chi connectivity index (χ3v) is 3.94. The summed E-state index contributed by atoms with van der Waals surface area (Å²) in [5.74, 6) is -0.168. The van der Waals surface area contributed by atoms with Gasteiger partial charge in [-0.05, 0) is 20.3 Å². The highest BCUT2D eigenvalue weighted by Gasteiger charge is 2.24. The molecule has 6 nitrogen and oxygen atoms in total. The number of hydrogen-bond donors (Lipinski definition) is 3. The number of nitrogens with one attached hydrogen (secondary N) is 2. The van der Waals surface area contributed by atoms with Gasteiger partial charge in [0, 0.05) is 13.1 Å². The van der Waals surface area contributed by atoms with E-state index in [0.717, 1.165) is 0 Å². The van der Waals surface area contributed by atoms with Crippen molar-refractivity contribution in [3.05, 3.63) is 0 Å². The maximum absolute atomic E-state index is 11.7. The van der Waals surface area contributed by atoms with Gasteiger partial charge in [0.2, 0.25) is 0 Å². The Balaban J connectivity index is 4.70. The zero-order valence-electron chi connectivity index (χ0n) is 9.61. The van der Waals surface area contributed by atoms with Crippen molar-refractivity contribution in [2.45, 2.75) is 39.3 Å². The quantitative estimate of drug-likeness (QED) is 0.442.